The molecule has 1 aliphatic carbocycles. The second kappa shape index (κ2) is 6.50. The third-order valence-electron chi connectivity index (χ3n) is 6.16. The summed E-state index contributed by atoms with van der Waals surface area (Å²) in [4.78, 5) is 7.21. The molecule has 2 aliphatic rings. The molecule has 0 amide bonds. The highest BCUT2D eigenvalue weighted by Crippen LogP contribution is 2.56. The molecule has 1 aliphatic heterocycles. The molecular formula is C20H32N6. The van der Waals surface area contributed by atoms with Crippen molar-refractivity contribution < 1.29 is 0 Å². The molecule has 1 atom stereocenters. The Labute approximate surface area is 156 Å². The molecule has 26 heavy (non-hydrogen) atoms. The molecule has 1 saturated heterocycles. The Morgan fingerprint density at radius 1 is 1.27 bits per heavy atom. The van der Waals surface area contributed by atoms with Gasteiger partial charge in [-0.2, -0.15) is 5.10 Å². The maximum atomic E-state index is 4.60. The number of aryl methyl sites for hydroxylation is 1. The van der Waals surface area contributed by atoms with Crippen molar-refractivity contribution in [1.82, 2.24) is 29.5 Å². The SMILES string of the molecule is Cn1ccnc1CN(Cc1cnn(C(C)(C)C)c1)C1CC12CCNCC2. The fourth-order valence-electron chi connectivity index (χ4n) is 4.35. The van der Waals surface area contributed by atoms with Crippen molar-refractivity contribution in [3.05, 3.63) is 36.2 Å². The summed E-state index contributed by atoms with van der Waals surface area (Å²) in [6, 6.07) is 0.666. The maximum Gasteiger partial charge on any atom is 0.122 e. The molecule has 142 valence electrons. The Morgan fingerprint density at radius 3 is 2.65 bits per heavy atom. The van der Waals surface area contributed by atoms with Crippen molar-refractivity contribution in [2.75, 3.05) is 13.1 Å². The van der Waals surface area contributed by atoms with E-state index in [-0.39, 0.29) is 5.54 Å². The lowest BCUT2D eigenvalue weighted by Gasteiger charge is -2.29. The largest absolute Gasteiger partial charge is 0.337 e. The van der Waals surface area contributed by atoms with Crippen LogP contribution >= 0.6 is 0 Å². The molecular weight excluding hydrogens is 324 g/mol. The third kappa shape index (κ3) is 3.45. The first-order chi connectivity index (χ1) is 12.4. The predicted molar refractivity (Wildman–Crippen MR) is 103 cm³/mol. The molecule has 2 fully saturated rings. The van der Waals surface area contributed by atoms with E-state index >= 15 is 0 Å². The molecule has 6 nitrogen and oxygen atoms in total. The average molecular weight is 357 g/mol. The molecule has 0 bridgehead atoms. The minimum Gasteiger partial charge on any atom is -0.337 e. The molecule has 1 saturated carbocycles. The number of rotatable bonds is 5. The van der Waals surface area contributed by atoms with Gasteiger partial charge < -0.3 is 9.88 Å². The summed E-state index contributed by atoms with van der Waals surface area (Å²) in [6.45, 7) is 10.8. The van der Waals surface area contributed by atoms with Gasteiger partial charge in [-0.25, -0.2) is 4.98 Å². The Balaban J connectivity index is 1.53. The van der Waals surface area contributed by atoms with Gasteiger partial charge in [-0.15, -0.1) is 0 Å². The summed E-state index contributed by atoms with van der Waals surface area (Å²) in [7, 11) is 2.09. The average Bonchev–Trinajstić information content (AvgIpc) is 2.94. The van der Waals surface area contributed by atoms with Crippen molar-refractivity contribution in [3.8, 4) is 0 Å². The van der Waals surface area contributed by atoms with E-state index in [1.165, 1.54) is 24.8 Å². The molecule has 2 aromatic heterocycles. The highest BCUT2D eigenvalue weighted by Gasteiger charge is 2.56. The maximum absolute atomic E-state index is 4.60. The molecule has 0 aromatic carbocycles. The Hall–Kier alpha value is -1.66. The van der Waals surface area contributed by atoms with Crippen molar-refractivity contribution in [3.63, 3.8) is 0 Å². The van der Waals surface area contributed by atoms with E-state index in [2.05, 4.69) is 63.6 Å². The van der Waals surface area contributed by atoms with Crippen LogP contribution in [0.5, 0.6) is 0 Å². The van der Waals surface area contributed by atoms with Gasteiger partial charge in [0.1, 0.15) is 5.82 Å². The summed E-state index contributed by atoms with van der Waals surface area (Å²) >= 11 is 0. The zero-order valence-corrected chi connectivity index (χ0v) is 16.6. The molecule has 1 spiro atoms. The quantitative estimate of drug-likeness (QED) is 0.894. The summed E-state index contributed by atoms with van der Waals surface area (Å²) in [6.07, 6.45) is 12.1. The van der Waals surface area contributed by atoms with Crippen LogP contribution in [0.15, 0.2) is 24.8 Å². The van der Waals surface area contributed by atoms with Crippen LogP contribution in [0.3, 0.4) is 0 Å². The van der Waals surface area contributed by atoms with Gasteiger partial charge in [-0.1, -0.05) is 0 Å². The topological polar surface area (TPSA) is 50.9 Å². The Morgan fingerprint density at radius 2 is 2.04 bits per heavy atom. The molecule has 1 unspecified atom stereocenters. The minimum atomic E-state index is 0.0264. The molecule has 1 N–H and O–H groups in total. The van der Waals surface area contributed by atoms with Crippen LogP contribution < -0.4 is 5.32 Å². The van der Waals surface area contributed by atoms with E-state index in [0.29, 0.717) is 11.5 Å². The van der Waals surface area contributed by atoms with Crippen LogP contribution in [0, 0.1) is 5.41 Å². The molecule has 3 heterocycles. The highest BCUT2D eigenvalue weighted by atomic mass is 15.3. The van der Waals surface area contributed by atoms with E-state index in [9.17, 15) is 0 Å². The first-order valence-electron chi connectivity index (χ1n) is 9.82. The second-order valence-electron chi connectivity index (χ2n) is 9.16. The van der Waals surface area contributed by atoms with Crippen LogP contribution in [0.1, 0.15) is 51.4 Å². The Bertz CT molecular complexity index is 746. The first kappa shape index (κ1) is 17.7. The highest BCUT2D eigenvalue weighted by molar-refractivity contribution is 5.14. The number of nitrogens with one attached hydrogen (secondary N) is 1. The lowest BCUT2D eigenvalue weighted by molar-refractivity contribution is 0.182. The van der Waals surface area contributed by atoms with Crippen LogP contribution in [0.2, 0.25) is 0 Å². The fraction of sp³-hybridized carbons (Fsp3) is 0.700. The number of imidazole rings is 1. The van der Waals surface area contributed by atoms with Crippen LogP contribution in [0.25, 0.3) is 0 Å². The molecule has 0 radical (unpaired) electrons. The zero-order valence-electron chi connectivity index (χ0n) is 16.6. The van der Waals surface area contributed by atoms with Crippen molar-refractivity contribution in [1.29, 1.82) is 0 Å². The van der Waals surface area contributed by atoms with Gasteiger partial charge in [0, 0.05) is 43.8 Å². The molecule has 6 heteroatoms. The van der Waals surface area contributed by atoms with Gasteiger partial charge in [-0.3, -0.25) is 9.58 Å². The summed E-state index contributed by atoms with van der Waals surface area (Å²) in [5.74, 6) is 1.14. The number of aromatic nitrogens is 4. The first-order valence-corrected chi connectivity index (χ1v) is 9.82. The normalized spacial score (nSPS) is 22.3. The van der Waals surface area contributed by atoms with Gasteiger partial charge in [0.15, 0.2) is 0 Å². The van der Waals surface area contributed by atoms with Crippen molar-refractivity contribution in [2.45, 2.75) is 64.7 Å². The van der Waals surface area contributed by atoms with E-state index in [1.54, 1.807) is 0 Å². The Kier molecular flexibility index (Phi) is 4.43. The lowest BCUT2D eigenvalue weighted by Crippen LogP contribution is -2.36. The fourth-order valence-corrected chi connectivity index (χ4v) is 4.35. The number of piperidine rings is 1. The van der Waals surface area contributed by atoms with Crippen molar-refractivity contribution >= 4 is 0 Å². The van der Waals surface area contributed by atoms with Gasteiger partial charge >= 0.3 is 0 Å². The van der Waals surface area contributed by atoms with Gasteiger partial charge in [0.05, 0.1) is 18.3 Å². The smallest absolute Gasteiger partial charge is 0.122 e. The van der Waals surface area contributed by atoms with Crippen LogP contribution in [-0.4, -0.2) is 43.4 Å². The predicted octanol–water partition coefficient (Wildman–Crippen LogP) is 2.52. The van der Waals surface area contributed by atoms with Crippen molar-refractivity contribution in [2.24, 2.45) is 12.5 Å². The number of hydrogen-bond donors (Lipinski definition) is 1. The van der Waals surface area contributed by atoms with E-state index in [4.69, 9.17) is 0 Å². The van der Waals surface area contributed by atoms with Crippen LogP contribution in [-0.2, 0) is 25.7 Å². The lowest BCUT2D eigenvalue weighted by atomic mass is 9.93. The molecule has 2 aromatic rings. The van der Waals surface area contributed by atoms with Gasteiger partial charge in [0.25, 0.3) is 0 Å². The zero-order chi connectivity index (χ0) is 18.4. The monoisotopic (exact) mass is 356 g/mol. The van der Waals surface area contributed by atoms with E-state index < -0.39 is 0 Å². The number of hydrogen-bond acceptors (Lipinski definition) is 4. The number of nitrogens with zero attached hydrogens (tertiary/aromatic N) is 5. The second-order valence-corrected chi connectivity index (χ2v) is 9.16. The summed E-state index contributed by atoms with van der Waals surface area (Å²) in [5, 5.41) is 8.11. The van der Waals surface area contributed by atoms with E-state index in [0.717, 1.165) is 32.0 Å². The van der Waals surface area contributed by atoms with Gasteiger partial charge in [0.2, 0.25) is 0 Å². The van der Waals surface area contributed by atoms with Gasteiger partial charge in [-0.05, 0) is 58.5 Å². The summed E-state index contributed by atoms with van der Waals surface area (Å²) in [5.41, 5.74) is 1.85. The minimum absolute atomic E-state index is 0.0264. The van der Waals surface area contributed by atoms with Crippen LogP contribution in [0.4, 0.5) is 0 Å². The molecule has 4 rings (SSSR count). The summed E-state index contributed by atoms with van der Waals surface area (Å²) < 4.78 is 4.22. The third-order valence-corrected chi connectivity index (χ3v) is 6.16. The standard InChI is InChI=1S/C20H32N6/c1-19(2,3)26-14-16(12-23-26)13-25(15-18-22-9-10-24(18)4)17-11-20(17)5-7-21-8-6-20/h9-10,12,14,17,21H,5-8,11,13,15H2,1-4H3. The van der Waals surface area contributed by atoms with E-state index in [1.807, 2.05) is 18.6 Å².